The van der Waals surface area contributed by atoms with Gasteiger partial charge in [-0.1, -0.05) is 18.2 Å². The van der Waals surface area contributed by atoms with Gasteiger partial charge in [-0.15, -0.1) is 0 Å². The number of aliphatic hydroxyl groups excluding tert-OH is 1. The van der Waals surface area contributed by atoms with E-state index in [1.165, 1.54) is 0 Å². The Balaban J connectivity index is 1.92. The van der Waals surface area contributed by atoms with Gasteiger partial charge in [0.2, 0.25) is 0 Å². The first-order valence-electron chi connectivity index (χ1n) is 6.84. The summed E-state index contributed by atoms with van der Waals surface area (Å²) in [6.45, 7) is 3.50. The lowest BCUT2D eigenvalue weighted by molar-refractivity contribution is 0.297. The molecule has 0 aliphatic heterocycles. The van der Waals surface area contributed by atoms with Gasteiger partial charge in [0.25, 0.3) is 0 Å². The maximum Gasteiger partial charge on any atom is 0.130 e. The van der Waals surface area contributed by atoms with E-state index in [1.54, 1.807) is 0 Å². The number of hydrogen-bond donors (Lipinski definition) is 2. The summed E-state index contributed by atoms with van der Waals surface area (Å²) in [5.74, 6) is 1.68. The molecule has 0 radical (unpaired) electrons. The summed E-state index contributed by atoms with van der Waals surface area (Å²) < 4.78 is 5.71. The monoisotopic (exact) mass is 272 g/mol. The number of aromatic nitrogens is 1. The van der Waals surface area contributed by atoms with Crippen molar-refractivity contribution in [2.24, 2.45) is 0 Å². The molecule has 0 spiro atoms. The molecule has 4 nitrogen and oxygen atoms in total. The molecule has 1 aromatic heterocycles. The number of anilines is 1. The first-order valence-corrected chi connectivity index (χ1v) is 6.84. The number of nitrogens with zero attached hydrogens (tertiary/aromatic N) is 1. The standard InChI is InChI=1S/C16H20N2O2/c1-2-17-16-5-3-4-14(18-16)12-20-15-8-6-13(7-9-15)10-11-19/h3-9,19H,2,10-12H2,1H3,(H,17,18). The molecular formula is C16H20N2O2. The lowest BCUT2D eigenvalue weighted by atomic mass is 10.1. The van der Waals surface area contributed by atoms with Crippen LogP contribution in [0.25, 0.3) is 0 Å². The number of benzene rings is 1. The normalized spacial score (nSPS) is 10.3. The maximum absolute atomic E-state index is 8.87. The van der Waals surface area contributed by atoms with E-state index in [0.29, 0.717) is 13.0 Å². The summed E-state index contributed by atoms with van der Waals surface area (Å²) in [7, 11) is 0. The van der Waals surface area contributed by atoms with Crippen molar-refractivity contribution in [1.29, 1.82) is 0 Å². The van der Waals surface area contributed by atoms with E-state index in [9.17, 15) is 0 Å². The molecule has 2 aromatic rings. The Hall–Kier alpha value is -2.07. The molecule has 1 aromatic carbocycles. The van der Waals surface area contributed by atoms with E-state index >= 15 is 0 Å². The number of rotatable bonds is 7. The highest BCUT2D eigenvalue weighted by molar-refractivity contribution is 5.35. The molecule has 0 saturated carbocycles. The van der Waals surface area contributed by atoms with Crippen molar-refractivity contribution in [3.8, 4) is 5.75 Å². The molecule has 20 heavy (non-hydrogen) atoms. The second-order valence-electron chi connectivity index (χ2n) is 4.45. The smallest absolute Gasteiger partial charge is 0.130 e. The summed E-state index contributed by atoms with van der Waals surface area (Å²) in [4.78, 5) is 4.46. The molecule has 2 N–H and O–H groups in total. The van der Waals surface area contributed by atoms with Crippen LogP contribution < -0.4 is 10.1 Å². The second kappa shape index (κ2) is 7.50. The average Bonchev–Trinajstić information content (AvgIpc) is 2.48. The summed E-state index contributed by atoms with van der Waals surface area (Å²) >= 11 is 0. The van der Waals surface area contributed by atoms with E-state index in [1.807, 2.05) is 49.4 Å². The Labute approximate surface area is 119 Å². The van der Waals surface area contributed by atoms with Gasteiger partial charge in [-0.05, 0) is 43.2 Å². The molecule has 4 heteroatoms. The number of hydrogen-bond acceptors (Lipinski definition) is 4. The van der Waals surface area contributed by atoms with Crippen LogP contribution in [0.1, 0.15) is 18.2 Å². The Morgan fingerprint density at radius 3 is 2.65 bits per heavy atom. The number of pyridine rings is 1. The number of aliphatic hydroxyl groups is 1. The number of nitrogens with one attached hydrogen (secondary N) is 1. The first kappa shape index (κ1) is 14.3. The quantitative estimate of drug-likeness (QED) is 0.813. The Kier molecular flexibility index (Phi) is 5.38. The highest BCUT2D eigenvalue weighted by atomic mass is 16.5. The van der Waals surface area contributed by atoms with E-state index < -0.39 is 0 Å². The van der Waals surface area contributed by atoms with Gasteiger partial charge < -0.3 is 15.2 Å². The highest BCUT2D eigenvalue weighted by Crippen LogP contribution is 2.14. The van der Waals surface area contributed by atoms with Crippen LogP contribution in [0.5, 0.6) is 5.75 Å². The fourth-order valence-corrected chi connectivity index (χ4v) is 1.88. The largest absolute Gasteiger partial charge is 0.487 e. The molecule has 0 bridgehead atoms. The van der Waals surface area contributed by atoms with Gasteiger partial charge in [-0.2, -0.15) is 0 Å². The molecule has 0 unspecified atom stereocenters. The summed E-state index contributed by atoms with van der Waals surface area (Å²) in [5.41, 5.74) is 2.00. The van der Waals surface area contributed by atoms with E-state index in [0.717, 1.165) is 29.4 Å². The fraction of sp³-hybridized carbons (Fsp3) is 0.312. The molecule has 2 rings (SSSR count). The van der Waals surface area contributed by atoms with Crippen LogP contribution in [0.4, 0.5) is 5.82 Å². The van der Waals surface area contributed by atoms with Crippen molar-refractivity contribution >= 4 is 5.82 Å². The number of ether oxygens (including phenoxy) is 1. The summed E-state index contributed by atoms with van der Waals surface area (Å²) in [5, 5.41) is 12.0. The zero-order valence-electron chi connectivity index (χ0n) is 11.7. The lowest BCUT2D eigenvalue weighted by Gasteiger charge is -2.08. The van der Waals surface area contributed by atoms with Gasteiger partial charge in [-0.3, -0.25) is 0 Å². The fourth-order valence-electron chi connectivity index (χ4n) is 1.88. The van der Waals surface area contributed by atoms with Crippen LogP contribution in [0.2, 0.25) is 0 Å². The molecule has 0 atom stereocenters. The lowest BCUT2D eigenvalue weighted by Crippen LogP contribution is -2.03. The minimum absolute atomic E-state index is 0.168. The van der Waals surface area contributed by atoms with Gasteiger partial charge in [0.15, 0.2) is 0 Å². The molecule has 1 heterocycles. The van der Waals surface area contributed by atoms with Gasteiger partial charge in [0.05, 0.1) is 5.69 Å². The molecule has 0 saturated heterocycles. The maximum atomic E-state index is 8.87. The molecular weight excluding hydrogens is 252 g/mol. The van der Waals surface area contributed by atoms with Gasteiger partial charge in [0, 0.05) is 13.2 Å². The molecule has 0 aliphatic carbocycles. The summed E-state index contributed by atoms with van der Waals surface area (Å²) in [6.07, 6.45) is 0.673. The van der Waals surface area contributed by atoms with Crippen molar-refractivity contribution in [3.63, 3.8) is 0 Å². The van der Waals surface area contributed by atoms with Crippen LogP contribution in [0.15, 0.2) is 42.5 Å². The molecule has 0 amide bonds. The van der Waals surface area contributed by atoms with Crippen LogP contribution in [0, 0.1) is 0 Å². The predicted octanol–water partition coefficient (Wildman–Crippen LogP) is 2.63. The van der Waals surface area contributed by atoms with Gasteiger partial charge in [0.1, 0.15) is 18.2 Å². The van der Waals surface area contributed by atoms with Crippen molar-refractivity contribution in [2.45, 2.75) is 20.0 Å². The van der Waals surface area contributed by atoms with Crippen molar-refractivity contribution in [2.75, 3.05) is 18.5 Å². The third kappa shape index (κ3) is 4.24. The minimum Gasteiger partial charge on any atom is -0.487 e. The van der Waals surface area contributed by atoms with E-state index in [2.05, 4.69) is 10.3 Å². The third-order valence-corrected chi connectivity index (χ3v) is 2.88. The topological polar surface area (TPSA) is 54.4 Å². The van der Waals surface area contributed by atoms with E-state index in [-0.39, 0.29) is 6.61 Å². The third-order valence-electron chi connectivity index (χ3n) is 2.88. The van der Waals surface area contributed by atoms with Crippen LogP contribution in [0.3, 0.4) is 0 Å². The zero-order valence-corrected chi connectivity index (χ0v) is 11.7. The first-order chi connectivity index (χ1) is 9.81. The minimum atomic E-state index is 0.168. The van der Waals surface area contributed by atoms with Gasteiger partial charge in [-0.25, -0.2) is 4.98 Å². The highest BCUT2D eigenvalue weighted by Gasteiger charge is 2.00. The van der Waals surface area contributed by atoms with E-state index in [4.69, 9.17) is 9.84 Å². The molecule has 0 fully saturated rings. The summed E-state index contributed by atoms with van der Waals surface area (Å²) in [6, 6.07) is 13.6. The van der Waals surface area contributed by atoms with Crippen LogP contribution in [-0.4, -0.2) is 23.2 Å². The van der Waals surface area contributed by atoms with Crippen LogP contribution in [-0.2, 0) is 13.0 Å². The predicted molar refractivity (Wildman–Crippen MR) is 80.0 cm³/mol. The Bertz CT molecular complexity index is 526. The average molecular weight is 272 g/mol. The van der Waals surface area contributed by atoms with Crippen molar-refractivity contribution < 1.29 is 9.84 Å². The molecule has 0 aliphatic rings. The Morgan fingerprint density at radius 1 is 1.15 bits per heavy atom. The van der Waals surface area contributed by atoms with Crippen LogP contribution >= 0.6 is 0 Å². The second-order valence-corrected chi connectivity index (χ2v) is 4.45. The zero-order chi connectivity index (χ0) is 14.2. The SMILES string of the molecule is CCNc1cccc(COc2ccc(CCO)cc2)n1. The van der Waals surface area contributed by atoms with Gasteiger partial charge >= 0.3 is 0 Å². The van der Waals surface area contributed by atoms with Crippen molar-refractivity contribution in [1.82, 2.24) is 4.98 Å². The Morgan fingerprint density at radius 2 is 1.95 bits per heavy atom. The molecule has 106 valence electrons. The van der Waals surface area contributed by atoms with Crippen molar-refractivity contribution in [3.05, 3.63) is 53.7 Å².